The van der Waals surface area contributed by atoms with Gasteiger partial charge in [-0.1, -0.05) is 36.6 Å². The fourth-order valence-corrected chi connectivity index (χ4v) is 3.44. The van der Waals surface area contributed by atoms with Gasteiger partial charge >= 0.3 is 0 Å². The van der Waals surface area contributed by atoms with E-state index in [1.165, 1.54) is 31.2 Å². The Morgan fingerprint density at radius 3 is 2.52 bits per heavy atom. The number of hydrogen-bond donors (Lipinski definition) is 2. The minimum Gasteiger partial charge on any atom is -0.390 e. The molecule has 0 radical (unpaired) electrons. The van der Waals surface area contributed by atoms with Crippen LogP contribution in [0.5, 0.6) is 0 Å². The van der Waals surface area contributed by atoms with Crippen molar-refractivity contribution in [1.29, 1.82) is 0 Å². The first kappa shape index (κ1) is 18.5. The maximum Gasteiger partial charge on any atom is 0.0594 e. The van der Waals surface area contributed by atoms with Crippen molar-refractivity contribution in [1.82, 2.24) is 5.32 Å². The summed E-state index contributed by atoms with van der Waals surface area (Å²) >= 11 is 6.07. The second-order valence-electron chi connectivity index (χ2n) is 6.80. The molecule has 21 heavy (non-hydrogen) atoms. The molecule has 2 rings (SSSR count). The minimum atomic E-state index is -0.541. The molecule has 0 aliphatic heterocycles. The molecule has 0 bridgehead atoms. The molecule has 0 amide bonds. The quantitative estimate of drug-likeness (QED) is 0.854. The van der Waals surface area contributed by atoms with Gasteiger partial charge in [0.1, 0.15) is 0 Å². The summed E-state index contributed by atoms with van der Waals surface area (Å²) in [5, 5.41) is 13.5. The van der Waals surface area contributed by atoms with Crippen LogP contribution in [-0.4, -0.2) is 24.8 Å². The molecule has 1 aliphatic carbocycles. The maximum atomic E-state index is 9.95. The van der Waals surface area contributed by atoms with Gasteiger partial charge in [-0.3, -0.25) is 0 Å². The lowest BCUT2D eigenvalue weighted by Crippen LogP contribution is -2.26. The molecule has 2 N–H and O–H groups in total. The number of halogens is 1. The van der Waals surface area contributed by atoms with E-state index in [2.05, 4.69) is 17.4 Å². The second-order valence-corrected chi connectivity index (χ2v) is 7.24. The Hall–Kier alpha value is -0.570. The lowest BCUT2D eigenvalue weighted by molar-refractivity contribution is 0.0440. The first-order valence-electron chi connectivity index (χ1n) is 7.92. The normalized spacial score (nSPS) is 22.4. The minimum absolute atomic E-state index is 0.541. The Balaban J connectivity index is 0.000000677. The van der Waals surface area contributed by atoms with Crippen LogP contribution in [0.15, 0.2) is 24.3 Å². The monoisotopic (exact) mass is 311 g/mol. The van der Waals surface area contributed by atoms with Gasteiger partial charge in [-0.15, -0.1) is 0 Å². The lowest BCUT2D eigenvalue weighted by Gasteiger charge is -2.33. The number of benzene rings is 1. The fourth-order valence-electron chi connectivity index (χ4n) is 3.25. The Bertz CT molecular complexity index is 414. The Labute approximate surface area is 134 Å². The van der Waals surface area contributed by atoms with E-state index in [0.29, 0.717) is 11.8 Å². The van der Waals surface area contributed by atoms with Gasteiger partial charge in [-0.05, 0) is 76.7 Å². The molecule has 1 aromatic carbocycles. The van der Waals surface area contributed by atoms with Crippen molar-refractivity contribution < 1.29 is 5.11 Å². The molecule has 2 nitrogen and oxygen atoms in total. The van der Waals surface area contributed by atoms with Crippen molar-refractivity contribution in [2.24, 2.45) is 5.92 Å². The van der Waals surface area contributed by atoms with Crippen LogP contribution in [0.2, 0.25) is 5.02 Å². The Morgan fingerprint density at radius 2 is 1.95 bits per heavy atom. The molecular formula is C18H30ClNO. The molecule has 0 saturated heterocycles. The maximum absolute atomic E-state index is 9.95. The zero-order valence-corrected chi connectivity index (χ0v) is 14.6. The summed E-state index contributed by atoms with van der Waals surface area (Å²) in [5.74, 6) is 1.26. The van der Waals surface area contributed by atoms with Crippen molar-refractivity contribution in [2.45, 2.75) is 57.5 Å². The summed E-state index contributed by atoms with van der Waals surface area (Å²) in [6.45, 7) is 3.83. The van der Waals surface area contributed by atoms with Gasteiger partial charge in [0, 0.05) is 5.02 Å². The van der Waals surface area contributed by atoms with Crippen LogP contribution in [0.4, 0.5) is 0 Å². The van der Waals surface area contributed by atoms with E-state index in [4.69, 9.17) is 11.6 Å². The molecule has 0 spiro atoms. The van der Waals surface area contributed by atoms with Crippen LogP contribution < -0.4 is 5.32 Å². The van der Waals surface area contributed by atoms with Gasteiger partial charge in [-0.25, -0.2) is 0 Å². The van der Waals surface area contributed by atoms with Crippen molar-refractivity contribution in [2.75, 3.05) is 14.1 Å². The second kappa shape index (κ2) is 8.77. The van der Waals surface area contributed by atoms with Gasteiger partial charge in [0.15, 0.2) is 0 Å². The van der Waals surface area contributed by atoms with Crippen LogP contribution in [0.3, 0.4) is 0 Å². The summed E-state index contributed by atoms with van der Waals surface area (Å²) in [5.41, 5.74) is 0.823. The van der Waals surface area contributed by atoms with Gasteiger partial charge in [0.05, 0.1) is 5.60 Å². The van der Waals surface area contributed by atoms with Gasteiger partial charge in [0.25, 0.3) is 0 Å². The van der Waals surface area contributed by atoms with Crippen LogP contribution >= 0.6 is 11.6 Å². The smallest absolute Gasteiger partial charge is 0.0594 e. The Morgan fingerprint density at radius 1 is 1.29 bits per heavy atom. The van der Waals surface area contributed by atoms with E-state index >= 15 is 0 Å². The third kappa shape index (κ3) is 7.30. The number of nitrogens with one attached hydrogen (secondary N) is 1. The third-order valence-corrected chi connectivity index (χ3v) is 4.13. The molecule has 1 aromatic rings. The highest BCUT2D eigenvalue weighted by molar-refractivity contribution is 6.30. The van der Waals surface area contributed by atoms with Gasteiger partial charge in [0.2, 0.25) is 0 Å². The van der Waals surface area contributed by atoms with Crippen LogP contribution in [0.1, 0.15) is 57.4 Å². The number of rotatable bonds is 3. The van der Waals surface area contributed by atoms with Crippen LogP contribution in [0, 0.1) is 5.92 Å². The molecule has 0 heterocycles. The third-order valence-electron chi connectivity index (χ3n) is 3.89. The first-order chi connectivity index (χ1) is 9.85. The average molecular weight is 312 g/mol. The van der Waals surface area contributed by atoms with E-state index in [1.807, 2.05) is 40.1 Å². The highest BCUT2D eigenvalue weighted by atomic mass is 35.5. The Kier molecular flexibility index (Phi) is 7.72. The van der Waals surface area contributed by atoms with E-state index < -0.39 is 5.60 Å². The van der Waals surface area contributed by atoms with Crippen molar-refractivity contribution in [3.63, 3.8) is 0 Å². The van der Waals surface area contributed by atoms with Crippen molar-refractivity contribution >= 4 is 11.6 Å². The zero-order valence-electron chi connectivity index (χ0n) is 13.8. The van der Waals surface area contributed by atoms with Crippen LogP contribution in [-0.2, 0) is 0 Å². The molecule has 0 aromatic heterocycles. The zero-order chi connectivity index (χ0) is 15.9. The van der Waals surface area contributed by atoms with Crippen LogP contribution in [0.25, 0.3) is 0 Å². The number of hydrogen-bond acceptors (Lipinski definition) is 2. The molecular weight excluding hydrogens is 282 g/mol. The summed E-state index contributed by atoms with van der Waals surface area (Å²) in [6, 6.07) is 8.25. The first-order valence-corrected chi connectivity index (χ1v) is 8.30. The summed E-state index contributed by atoms with van der Waals surface area (Å²) in [4.78, 5) is 0. The largest absolute Gasteiger partial charge is 0.390 e. The van der Waals surface area contributed by atoms with E-state index in [-0.39, 0.29) is 0 Å². The highest BCUT2D eigenvalue weighted by Crippen LogP contribution is 2.39. The van der Waals surface area contributed by atoms with E-state index in [9.17, 15) is 5.11 Å². The van der Waals surface area contributed by atoms with Crippen molar-refractivity contribution in [3.05, 3.63) is 34.9 Å². The molecule has 1 aliphatic rings. The van der Waals surface area contributed by atoms with Gasteiger partial charge < -0.3 is 10.4 Å². The highest BCUT2D eigenvalue weighted by Gasteiger charge is 2.27. The summed E-state index contributed by atoms with van der Waals surface area (Å²) in [7, 11) is 3.75. The number of aliphatic hydroxyl groups is 1. The molecule has 1 fully saturated rings. The van der Waals surface area contributed by atoms with Gasteiger partial charge in [-0.2, -0.15) is 0 Å². The lowest BCUT2D eigenvalue weighted by atomic mass is 9.74. The summed E-state index contributed by atoms with van der Waals surface area (Å²) < 4.78 is 0. The predicted molar refractivity (Wildman–Crippen MR) is 92.0 cm³/mol. The average Bonchev–Trinajstić information content (AvgIpc) is 2.38. The predicted octanol–water partition coefficient (Wildman–Crippen LogP) is 4.61. The fraction of sp³-hybridized carbons (Fsp3) is 0.667. The molecule has 120 valence electrons. The SMILES string of the molecule is CC(C)(O)CC1CCCC(c2cccc(Cl)c2)C1.CNC. The molecule has 1 saturated carbocycles. The van der Waals surface area contributed by atoms with E-state index in [1.54, 1.807) is 0 Å². The molecule has 2 atom stereocenters. The van der Waals surface area contributed by atoms with Crippen molar-refractivity contribution in [3.8, 4) is 0 Å². The standard InChI is InChI=1S/C16H23ClO.C2H7N/c1-16(2,18)11-12-5-3-6-13(9-12)14-7-4-8-15(17)10-14;1-3-2/h4,7-8,10,12-13,18H,3,5-6,9,11H2,1-2H3;3H,1-2H3. The topological polar surface area (TPSA) is 32.3 Å². The van der Waals surface area contributed by atoms with E-state index in [0.717, 1.165) is 11.4 Å². The summed E-state index contributed by atoms with van der Waals surface area (Å²) in [6.07, 6.45) is 5.86. The molecule has 3 heteroatoms. The molecule has 2 unspecified atom stereocenters.